The maximum Gasteiger partial charge on any atom is 0.416 e. The van der Waals surface area contributed by atoms with E-state index in [-0.39, 0.29) is 5.92 Å². The smallest absolute Gasteiger partial charge is 0.324 e. The van der Waals surface area contributed by atoms with Gasteiger partial charge >= 0.3 is 6.18 Å². The third-order valence-corrected chi connectivity index (χ3v) is 2.86. The van der Waals surface area contributed by atoms with Gasteiger partial charge in [-0.05, 0) is 41.8 Å². The van der Waals surface area contributed by atoms with Crippen molar-refractivity contribution in [2.75, 3.05) is 0 Å². The molecule has 0 unspecified atom stereocenters. The fourth-order valence-electron chi connectivity index (χ4n) is 1.92. The Hall–Kier alpha value is -1.71. The molecule has 4 heteroatoms. The number of alkyl halides is 3. The Kier molecular flexibility index (Phi) is 3.20. The Morgan fingerprint density at radius 2 is 1.67 bits per heavy atom. The lowest BCUT2D eigenvalue weighted by Gasteiger charge is -2.16. The van der Waals surface area contributed by atoms with Gasteiger partial charge in [-0.3, -0.25) is 0 Å². The molecule has 1 nitrogen and oxygen atoms in total. The summed E-state index contributed by atoms with van der Waals surface area (Å²) in [5, 5.41) is 0. The first-order valence-electron chi connectivity index (χ1n) is 5.74. The van der Waals surface area contributed by atoms with E-state index in [1.165, 1.54) is 12.1 Å². The number of hydrogen-bond acceptors (Lipinski definition) is 0. The van der Waals surface area contributed by atoms with E-state index in [0.29, 0.717) is 5.56 Å². The minimum atomic E-state index is -4.29. The van der Waals surface area contributed by atoms with E-state index in [9.17, 15) is 13.2 Å². The van der Waals surface area contributed by atoms with Gasteiger partial charge in [-0.2, -0.15) is 13.2 Å². The highest BCUT2D eigenvalue weighted by molar-refractivity contribution is 5.46. The molecule has 0 saturated heterocycles. The quantitative estimate of drug-likeness (QED) is 0.736. The van der Waals surface area contributed by atoms with Crippen molar-refractivity contribution in [3.8, 4) is 5.69 Å². The van der Waals surface area contributed by atoms with Crippen LogP contribution in [0.4, 0.5) is 13.2 Å². The summed E-state index contributed by atoms with van der Waals surface area (Å²) in [5.41, 5.74) is 0.895. The highest BCUT2D eigenvalue weighted by Gasteiger charge is 2.31. The Labute approximate surface area is 104 Å². The predicted molar refractivity (Wildman–Crippen MR) is 64.9 cm³/mol. The van der Waals surface area contributed by atoms with Crippen LogP contribution in [0.5, 0.6) is 0 Å². The summed E-state index contributed by atoms with van der Waals surface area (Å²) in [4.78, 5) is 0. The van der Waals surface area contributed by atoms with Crippen LogP contribution in [0, 0.1) is 0 Å². The molecule has 0 N–H and O–H groups in total. The van der Waals surface area contributed by atoms with Crippen LogP contribution in [0.25, 0.3) is 5.69 Å². The van der Waals surface area contributed by atoms with Crippen LogP contribution in [-0.2, 0) is 6.18 Å². The van der Waals surface area contributed by atoms with Crippen molar-refractivity contribution in [1.82, 2.24) is 4.57 Å². The minimum absolute atomic E-state index is 0.0321. The summed E-state index contributed by atoms with van der Waals surface area (Å²) in [5.74, 6) is 0.0321. The maximum absolute atomic E-state index is 12.7. The Balaban J connectivity index is 2.56. The third kappa shape index (κ3) is 2.42. The molecule has 0 radical (unpaired) electrons. The molecule has 0 spiro atoms. The fraction of sp³-hybridized carbons (Fsp3) is 0.286. The van der Waals surface area contributed by atoms with Crippen molar-refractivity contribution >= 4 is 0 Å². The van der Waals surface area contributed by atoms with Gasteiger partial charge in [-0.25, -0.2) is 0 Å². The molecule has 0 aliphatic heterocycles. The first kappa shape index (κ1) is 12.7. The van der Waals surface area contributed by atoms with Gasteiger partial charge in [0.1, 0.15) is 0 Å². The van der Waals surface area contributed by atoms with E-state index in [0.717, 1.165) is 11.8 Å². The molecule has 18 heavy (non-hydrogen) atoms. The van der Waals surface area contributed by atoms with E-state index in [1.807, 2.05) is 42.9 Å². The second-order valence-corrected chi connectivity index (χ2v) is 4.52. The summed E-state index contributed by atoms with van der Waals surface area (Å²) in [6, 6.07) is 7.59. The number of rotatable bonds is 2. The average Bonchev–Trinajstić information content (AvgIpc) is 2.80. The van der Waals surface area contributed by atoms with Crippen molar-refractivity contribution in [2.24, 2.45) is 0 Å². The largest absolute Gasteiger partial charge is 0.416 e. The average molecular weight is 253 g/mol. The Morgan fingerprint density at radius 3 is 2.17 bits per heavy atom. The molecule has 96 valence electrons. The first-order chi connectivity index (χ1) is 8.39. The van der Waals surface area contributed by atoms with Gasteiger partial charge in [0, 0.05) is 18.1 Å². The molecule has 2 rings (SSSR count). The summed E-state index contributed by atoms with van der Waals surface area (Å²) in [7, 11) is 0. The molecule has 1 heterocycles. The van der Waals surface area contributed by atoms with E-state index < -0.39 is 11.7 Å². The van der Waals surface area contributed by atoms with Crippen molar-refractivity contribution in [1.29, 1.82) is 0 Å². The Bertz CT molecular complexity index is 524. The van der Waals surface area contributed by atoms with Crippen LogP contribution in [0.15, 0.2) is 42.7 Å². The molecule has 0 amide bonds. The van der Waals surface area contributed by atoms with E-state index in [1.54, 1.807) is 0 Å². The molecule has 0 aliphatic carbocycles. The second-order valence-electron chi connectivity index (χ2n) is 4.52. The molecule has 0 bridgehead atoms. The molecule has 1 aromatic heterocycles. The molecule has 0 atom stereocenters. The monoisotopic (exact) mass is 253 g/mol. The van der Waals surface area contributed by atoms with Crippen molar-refractivity contribution in [3.63, 3.8) is 0 Å². The van der Waals surface area contributed by atoms with Crippen LogP contribution in [-0.4, -0.2) is 4.57 Å². The highest BCUT2D eigenvalue weighted by atomic mass is 19.4. The standard InChI is InChI=1S/C14H14F3N/c1-10(2)12-9-11(14(15,16)17)5-6-13(12)18-7-3-4-8-18/h3-10H,1-2H3. The minimum Gasteiger partial charge on any atom is -0.324 e. The lowest BCUT2D eigenvalue weighted by atomic mass is 9.98. The third-order valence-electron chi connectivity index (χ3n) is 2.86. The number of nitrogens with zero attached hydrogens (tertiary/aromatic N) is 1. The topological polar surface area (TPSA) is 4.93 Å². The van der Waals surface area contributed by atoms with Crippen LogP contribution < -0.4 is 0 Å². The van der Waals surface area contributed by atoms with E-state index >= 15 is 0 Å². The maximum atomic E-state index is 12.7. The van der Waals surface area contributed by atoms with Gasteiger partial charge in [0.05, 0.1) is 5.56 Å². The van der Waals surface area contributed by atoms with Crippen molar-refractivity contribution in [3.05, 3.63) is 53.9 Å². The van der Waals surface area contributed by atoms with Gasteiger partial charge in [0.25, 0.3) is 0 Å². The summed E-state index contributed by atoms with van der Waals surface area (Å²) < 4.78 is 39.9. The molecule has 0 saturated carbocycles. The van der Waals surface area contributed by atoms with Gasteiger partial charge < -0.3 is 4.57 Å². The second kappa shape index (κ2) is 4.52. The van der Waals surface area contributed by atoms with Crippen molar-refractivity contribution < 1.29 is 13.2 Å². The lowest BCUT2D eigenvalue weighted by Crippen LogP contribution is -2.08. The number of benzene rings is 1. The van der Waals surface area contributed by atoms with Crippen LogP contribution >= 0.6 is 0 Å². The number of aromatic nitrogens is 1. The zero-order chi connectivity index (χ0) is 13.3. The van der Waals surface area contributed by atoms with Crippen LogP contribution in [0.3, 0.4) is 0 Å². The predicted octanol–water partition coefficient (Wildman–Crippen LogP) is 4.62. The summed E-state index contributed by atoms with van der Waals surface area (Å²) in [6.07, 6.45) is -0.637. The Morgan fingerprint density at radius 1 is 1.06 bits per heavy atom. The fourth-order valence-corrected chi connectivity index (χ4v) is 1.92. The lowest BCUT2D eigenvalue weighted by molar-refractivity contribution is -0.137. The number of halogens is 3. The molecule has 0 aliphatic rings. The highest BCUT2D eigenvalue weighted by Crippen LogP contribution is 2.33. The molecule has 2 aromatic rings. The van der Waals surface area contributed by atoms with Crippen LogP contribution in [0.2, 0.25) is 0 Å². The summed E-state index contributed by atoms with van der Waals surface area (Å²) in [6.45, 7) is 3.78. The van der Waals surface area contributed by atoms with Gasteiger partial charge in [-0.1, -0.05) is 13.8 Å². The number of hydrogen-bond donors (Lipinski definition) is 0. The van der Waals surface area contributed by atoms with Gasteiger partial charge in [0.15, 0.2) is 0 Å². The summed E-state index contributed by atoms with van der Waals surface area (Å²) >= 11 is 0. The molecule has 0 fully saturated rings. The van der Waals surface area contributed by atoms with Gasteiger partial charge in [-0.15, -0.1) is 0 Å². The SMILES string of the molecule is CC(C)c1cc(C(F)(F)F)ccc1-n1cccc1. The van der Waals surface area contributed by atoms with E-state index in [4.69, 9.17) is 0 Å². The van der Waals surface area contributed by atoms with Crippen molar-refractivity contribution in [2.45, 2.75) is 25.9 Å². The van der Waals surface area contributed by atoms with Gasteiger partial charge in [0.2, 0.25) is 0 Å². The zero-order valence-corrected chi connectivity index (χ0v) is 10.2. The first-order valence-corrected chi connectivity index (χ1v) is 5.74. The van der Waals surface area contributed by atoms with E-state index in [2.05, 4.69) is 0 Å². The molecular weight excluding hydrogens is 239 g/mol. The molecular formula is C14H14F3N. The zero-order valence-electron chi connectivity index (χ0n) is 10.2. The normalized spacial score (nSPS) is 12.1. The molecule has 1 aromatic carbocycles. The van der Waals surface area contributed by atoms with Crippen LogP contribution in [0.1, 0.15) is 30.9 Å².